The highest BCUT2D eigenvalue weighted by Crippen LogP contribution is 2.46. The van der Waals surface area contributed by atoms with Crippen molar-refractivity contribution in [1.82, 2.24) is 15.2 Å². The molecule has 176 valence electrons. The van der Waals surface area contributed by atoms with Gasteiger partial charge in [-0.25, -0.2) is 4.98 Å². The van der Waals surface area contributed by atoms with E-state index in [-0.39, 0.29) is 11.3 Å². The van der Waals surface area contributed by atoms with Gasteiger partial charge in [0.1, 0.15) is 6.04 Å². The normalized spacial score (nSPS) is 20.7. The van der Waals surface area contributed by atoms with Gasteiger partial charge in [-0.1, -0.05) is 0 Å². The largest absolute Gasteiger partial charge is 0.417 e. The SMILES string of the molecule is CNC(=O)C1CC2(CCN(Cc3scnc3C)CC2)CN1c1ccc(C#N)c(C(F)(F)F)c1. The van der Waals surface area contributed by atoms with Gasteiger partial charge in [0, 0.05) is 30.7 Å². The smallest absolute Gasteiger partial charge is 0.359 e. The molecule has 1 spiro atoms. The van der Waals surface area contributed by atoms with Gasteiger partial charge in [-0.15, -0.1) is 11.3 Å². The summed E-state index contributed by atoms with van der Waals surface area (Å²) in [7, 11) is 1.55. The Kier molecular flexibility index (Phi) is 6.38. The van der Waals surface area contributed by atoms with E-state index >= 15 is 0 Å². The highest BCUT2D eigenvalue weighted by Gasteiger charge is 2.48. The highest BCUT2D eigenvalue weighted by atomic mass is 32.1. The van der Waals surface area contributed by atoms with E-state index in [1.54, 1.807) is 29.4 Å². The minimum Gasteiger partial charge on any atom is -0.359 e. The molecule has 1 aromatic heterocycles. The number of hydrogen-bond acceptors (Lipinski definition) is 6. The summed E-state index contributed by atoms with van der Waals surface area (Å²) in [6, 6.07) is 4.81. The Bertz CT molecular complexity index is 1070. The first-order valence-corrected chi connectivity index (χ1v) is 11.7. The second kappa shape index (κ2) is 8.95. The number of nitriles is 1. The molecular formula is C23H26F3N5OS. The summed E-state index contributed by atoms with van der Waals surface area (Å²) in [6.45, 7) is 5.11. The van der Waals surface area contributed by atoms with Crippen LogP contribution in [0.1, 0.15) is 41.0 Å². The number of carbonyl (C=O) groups is 1. The van der Waals surface area contributed by atoms with Crippen LogP contribution in [0.2, 0.25) is 0 Å². The number of amides is 1. The van der Waals surface area contributed by atoms with E-state index in [1.165, 1.54) is 17.0 Å². The van der Waals surface area contributed by atoms with E-state index in [1.807, 2.05) is 12.4 Å². The number of piperidine rings is 1. The molecule has 2 aromatic rings. The molecule has 33 heavy (non-hydrogen) atoms. The van der Waals surface area contributed by atoms with E-state index in [9.17, 15) is 18.0 Å². The van der Waals surface area contributed by atoms with Gasteiger partial charge in [-0.2, -0.15) is 18.4 Å². The lowest BCUT2D eigenvalue weighted by molar-refractivity contribution is -0.137. The van der Waals surface area contributed by atoms with Gasteiger partial charge in [0.05, 0.1) is 28.4 Å². The lowest BCUT2D eigenvalue weighted by atomic mass is 9.76. The number of aryl methyl sites for hydroxylation is 1. The molecule has 0 bridgehead atoms. The fourth-order valence-corrected chi connectivity index (χ4v) is 5.82. The van der Waals surface area contributed by atoms with Gasteiger partial charge in [0.15, 0.2) is 0 Å². The Morgan fingerprint density at radius 1 is 1.36 bits per heavy atom. The maximum absolute atomic E-state index is 13.5. The minimum atomic E-state index is -4.64. The van der Waals surface area contributed by atoms with Crippen LogP contribution in [0.3, 0.4) is 0 Å². The molecule has 2 fully saturated rings. The number of nitrogens with zero attached hydrogens (tertiary/aromatic N) is 4. The van der Waals surface area contributed by atoms with E-state index < -0.39 is 23.3 Å². The molecule has 2 saturated heterocycles. The number of nitrogens with one attached hydrogen (secondary N) is 1. The van der Waals surface area contributed by atoms with Crippen molar-refractivity contribution in [3.63, 3.8) is 0 Å². The van der Waals surface area contributed by atoms with Crippen LogP contribution < -0.4 is 10.2 Å². The van der Waals surface area contributed by atoms with Crippen molar-refractivity contribution in [2.75, 3.05) is 31.6 Å². The van der Waals surface area contributed by atoms with Crippen molar-refractivity contribution in [2.24, 2.45) is 5.41 Å². The number of carbonyl (C=O) groups excluding carboxylic acids is 1. The van der Waals surface area contributed by atoms with Crippen LogP contribution in [0.15, 0.2) is 23.7 Å². The Balaban J connectivity index is 1.56. The van der Waals surface area contributed by atoms with E-state index in [0.717, 1.165) is 44.2 Å². The molecule has 0 radical (unpaired) electrons. The van der Waals surface area contributed by atoms with Crippen LogP contribution in [0.5, 0.6) is 0 Å². The predicted molar refractivity (Wildman–Crippen MR) is 120 cm³/mol. The van der Waals surface area contributed by atoms with Crippen LogP contribution in [0.25, 0.3) is 0 Å². The lowest BCUT2D eigenvalue weighted by Gasteiger charge is -2.39. The maximum Gasteiger partial charge on any atom is 0.417 e. The third kappa shape index (κ3) is 4.70. The molecule has 1 atom stereocenters. The fraction of sp³-hybridized carbons (Fsp3) is 0.522. The molecule has 3 heterocycles. The Morgan fingerprint density at radius 3 is 2.67 bits per heavy atom. The van der Waals surface area contributed by atoms with E-state index in [4.69, 9.17) is 5.26 Å². The molecule has 10 heteroatoms. The average Bonchev–Trinajstić information content (AvgIpc) is 3.37. The van der Waals surface area contributed by atoms with E-state index in [0.29, 0.717) is 18.7 Å². The molecule has 1 amide bonds. The van der Waals surface area contributed by atoms with Gasteiger partial charge < -0.3 is 10.2 Å². The predicted octanol–water partition coefficient (Wildman–Crippen LogP) is 3.95. The van der Waals surface area contributed by atoms with Crippen LogP contribution in [-0.4, -0.2) is 48.5 Å². The van der Waals surface area contributed by atoms with Gasteiger partial charge in [-0.3, -0.25) is 9.69 Å². The molecule has 0 aliphatic carbocycles. The standard InChI is InChI=1S/C23H26F3N5OS/c1-15-20(33-14-29-15)12-30-7-5-22(6-8-30)10-19(21(32)28-2)31(13-22)17-4-3-16(11-27)18(9-17)23(24,25)26/h3-4,9,14,19H,5-8,10,12-13H2,1-2H3,(H,28,32). The third-order valence-corrected chi connectivity index (χ3v) is 7.87. The first kappa shape index (κ1) is 23.5. The van der Waals surface area contributed by atoms with Crippen LogP contribution in [0, 0.1) is 23.7 Å². The first-order valence-electron chi connectivity index (χ1n) is 10.9. The van der Waals surface area contributed by atoms with Crippen molar-refractivity contribution in [2.45, 2.75) is 44.9 Å². The molecule has 0 saturated carbocycles. The van der Waals surface area contributed by atoms with Crippen molar-refractivity contribution in [1.29, 1.82) is 5.26 Å². The molecular weight excluding hydrogens is 451 g/mol. The Labute approximate surface area is 195 Å². The summed E-state index contributed by atoms with van der Waals surface area (Å²) in [5.74, 6) is -0.201. The van der Waals surface area contributed by atoms with Crippen molar-refractivity contribution in [3.8, 4) is 6.07 Å². The average molecular weight is 478 g/mol. The summed E-state index contributed by atoms with van der Waals surface area (Å²) in [4.78, 5) is 22.4. The number of likely N-dealkylation sites (tertiary alicyclic amines) is 1. The quantitative estimate of drug-likeness (QED) is 0.722. The molecule has 1 aromatic carbocycles. The number of thiazole rings is 1. The summed E-state index contributed by atoms with van der Waals surface area (Å²) >= 11 is 1.65. The summed E-state index contributed by atoms with van der Waals surface area (Å²) in [5.41, 5.74) is 1.72. The van der Waals surface area contributed by atoms with Crippen LogP contribution in [-0.2, 0) is 17.5 Å². The number of aromatic nitrogens is 1. The number of hydrogen-bond donors (Lipinski definition) is 1. The number of benzene rings is 1. The molecule has 4 rings (SSSR count). The second-order valence-corrected chi connectivity index (χ2v) is 9.88. The number of likely N-dealkylation sites (N-methyl/N-ethyl adjacent to an activating group) is 1. The van der Waals surface area contributed by atoms with Gasteiger partial charge in [-0.05, 0) is 62.9 Å². The zero-order chi connectivity index (χ0) is 23.8. The summed E-state index contributed by atoms with van der Waals surface area (Å²) in [6.07, 6.45) is -2.29. The van der Waals surface area contributed by atoms with Gasteiger partial charge in [0.25, 0.3) is 0 Å². The third-order valence-electron chi connectivity index (χ3n) is 6.95. The second-order valence-electron chi connectivity index (χ2n) is 8.94. The number of anilines is 1. The Morgan fingerprint density at radius 2 is 2.09 bits per heavy atom. The Hall–Kier alpha value is -2.64. The fourth-order valence-electron chi connectivity index (χ4n) is 5.00. The zero-order valence-electron chi connectivity index (χ0n) is 18.6. The molecule has 1 unspecified atom stereocenters. The molecule has 1 N–H and O–H groups in total. The minimum absolute atomic E-state index is 0.136. The first-order chi connectivity index (χ1) is 15.7. The summed E-state index contributed by atoms with van der Waals surface area (Å²) < 4.78 is 40.6. The zero-order valence-corrected chi connectivity index (χ0v) is 19.4. The van der Waals surface area contributed by atoms with Crippen LogP contribution >= 0.6 is 11.3 Å². The maximum atomic E-state index is 13.5. The lowest BCUT2D eigenvalue weighted by Crippen LogP contribution is -2.42. The molecule has 2 aliphatic rings. The number of rotatable bonds is 4. The van der Waals surface area contributed by atoms with Crippen molar-refractivity contribution >= 4 is 22.9 Å². The van der Waals surface area contributed by atoms with Crippen molar-refractivity contribution < 1.29 is 18.0 Å². The summed E-state index contributed by atoms with van der Waals surface area (Å²) in [5, 5.41) is 11.8. The number of halogens is 3. The number of alkyl halides is 3. The molecule has 6 nitrogen and oxygen atoms in total. The van der Waals surface area contributed by atoms with Crippen LogP contribution in [0.4, 0.5) is 18.9 Å². The monoisotopic (exact) mass is 477 g/mol. The highest BCUT2D eigenvalue weighted by molar-refractivity contribution is 7.09. The van der Waals surface area contributed by atoms with E-state index in [2.05, 4.69) is 15.2 Å². The van der Waals surface area contributed by atoms with Crippen molar-refractivity contribution in [3.05, 3.63) is 45.4 Å². The topological polar surface area (TPSA) is 72.3 Å². The molecule has 2 aliphatic heterocycles. The van der Waals surface area contributed by atoms with Gasteiger partial charge in [0.2, 0.25) is 5.91 Å². The van der Waals surface area contributed by atoms with Gasteiger partial charge >= 0.3 is 6.18 Å².